The molecular weight excluding hydrogens is 456 g/mol. The van der Waals surface area contributed by atoms with E-state index in [4.69, 9.17) is 16.3 Å². The number of nitrogens with zero attached hydrogens (tertiary/aromatic N) is 4. The minimum Gasteiger partial charge on any atom is -0.493 e. The summed E-state index contributed by atoms with van der Waals surface area (Å²) in [6.07, 6.45) is 4.78. The number of piperazine rings is 1. The van der Waals surface area contributed by atoms with E-state index in [1.54, 1.807) is 6.20 Å². The predicted octanol–water partition coefficient (Wildman–Crippen LogP) is 5.88. The van der Waals surface area contributed by atoms with Crippen LogP contribution in [-0.4, -0.2) is 65.7 Å². The van der Waals surface area contributed by atoms with Crippen LogP contribution in [0.15, 0.2) is 85.2 Å². The molecule has 1 aliphatic rings. The number of imidazole rings is 1. The molecule has 1 aromatic heterocycles. The average molecular weight is 487 g/mol. The number of rotatable bonds is 8. The average Bonchev–Trinajstić information content (AvgIpc) is 3.38. The maximum absolute atomic E-state index is 6.69. The van der Waals surface area contributed by atoms with Gasteiger partial charge in [0.2, 0.25) is 0 Å². The fraction of sp³-hybridized carbons (Fsp3) is 0.276. The normalized spacial score (nSPS) is 14.8. The van der Waals surface area contributed by atoms with Crippen molar-refractivity contribution in [3.8, 4) is 34.0 Å². The number of hydrogen-bond acceptors (Lipinski definition) is 4. The van der Waals surface area contributed by atoms with Crippen LogP contribution in [0.3, 0.4) is 0 Å². The van der Waals surface area contributed by atoms with Crippen molar-refractivity contribution in [2.45, 2.75) is 6.42 Å². The lowest BCUT2D eigenvalue weighted by atomic mass is 10.1. The second-order valence-electron chi connectivity index (χ2n) is 9.02. The summed E-state index contributed by atoms with van der Waals surface area (Å²) in [7, 11) is 2.18. The van der Waals surface area contributed by atoms with Gasteiger partial charge in [-0.25, -0.2) is 4.98 Å². The summed E-state index contributed by atoms with van der Waals surface area (Å²) in [5, 5.41) is 0.634. The number of aromatic nitrogens is 2. The Kier molecular flexibility index (Phi) is 7.48. The predicted molar refractivity (Wildman–Crippen MR) is 143 cm³/mol. The quantitative estimate of drug-likeness (QED) is 0.291. The van der Waals surface area contributed by atoms with Crippen molar-refractivity contribution < 1.29 is 4.74 Å². The third-order valence-corrected chi connectivity index (χ3v) is 6.87. The molecule has 2 heterocycles. The minimum atomic E-state index is 0.634. The Balaban J connectivity index is 1.23. The maximum atomic E-state index is 6.69. The van der Waals surface area contributed by atoms with Gasteiger partial charge in [0.1, 0.15) is 11.6 Å². The van der Waals surface area contributed by atoms with Crippen molar-refractivity contribution >= 4 is 11.6 Å². The first-order chi connectivity index (χ1) is 17.2. The van der Waals surface area contributed by atoms with Gasteiger partial charge in [-0.1, -0.05) is 54.1 Å². The van der Waals surface area contributed by atoms with E-state index in [2.05, 4.69) is 74.9 Å². The molecular formula is C29H31ClN4O. The second kappa shape index (κ2) is 11.1. The lowest BCUT2D eigenvalue weighted by Crippen LogP contribution is -2.44. The van der Waals surface area contributed by atoms with Gasteiger partial charge in [0.25, 0.3) is 0 Å². The molecule has 0 aliphatic carbocycles. The zero-order valence-corrected chi connectivity index (χ0v) is 20.9. The van der Waals surface area contributed by atoms with Gasteiger partial charge in [-0.3, -0.25) is 4.57 Å². The zero-order chi connectivity index (χ0) is 24.0. The van der Waals surface area contributed by atoms with Gasteiger partial charge in [0.05, 0.1) is 11.6 Å². The molecule has 0 saturated carbocycles. The monoisotopic (exact) mass is 486 g/mol. The molecule has 1 saturated heterocycles. The largest absolute Gasteiger partial charge is 0.493 e. The Hall–Kier alpha value is -3.12. The lowest BCUT2D eigenvalue weighted by molar-refractivity contribution is 0.145. The van der Waals surface area contributed by atoms with Crippen LogP contribution in [-0.2, 0) is 0 Å². The summed E-state index contributed by atoms with van der Waals surface area (Å²) < 4.78 is 8.05. The molecule has 4 aromatic rings. The molecule has 0 bridgehead atoms. The highest BCUT2D eigenvalue weighted by Gasteiger charge is 2.14. The highest BCUT2D eigenvalue weighted by atomic mass is 35.5. The SMILES string of the molecule is CN1CCN(CCCOc2ccc(-c3nccn3-c3ccc(-c4ccccc4)cc3)c(Cl)c2)CC1. The van der Waals surface area contributed by atoms with Crippen LogP contribution in [0.2, 0.25) is 5.02 Å². The van der Waals surface area contributed by atoms with Gasteiger partial charge in [-0.05, 0) is 54.9 Å². The molecule has 3 aromatic carbocycles. The van der Waals surface area contributed by atoms with Gasteiger partial charge in [0.15, 0.2) is 0 Å². The van der Waals surface area contributed by atoms with Crippen molar-refractivity contribution in [1.82, 2.24) is 19.4 Å². The Morgan fingerprint density at radius 3 is 2.37 bits per heavy atom. The van der Waals surface area contributed by atoms with Crippen molar-refractivity contribution in [3.63, 3.8) is 0 Å². The van der Waals surface area contributed by atoms with Crippen molar-refractivity contribution in [2.75, 3.05) is 46.4 Å². The summed E-state index contributed by atoms with van der Waals surface area (Å²) in [6.45, 7) is 6.32. The third kappa shape index (κ3) is 5.76. The first kappa shape index (κ1) is 23.6. The molecule has 0 radical (unpaired) electrons. The zero-order valence-electron chi connectivity index (χ0n) is 20.1. The third-order valence-electron chi connectivity index (χ3n) is 6.56. The second-order valence-corrected chi connectivity index (χ2v) is 9.43. The van der Waals surface area contributed by atoms with Crippen LogP contribution >= 0.6 is 11.6 Å². The van der Waals surface area contributed by atoms with Crippen LogP contribution in [0.4, 0.5) is 0 Å². The van der Waals surface area contributed by atoms with E-state index in [1.807, 2.05) is 30.5 Å². The number of benzene rings is 3. The summed E-state index contributed by atoms with van der Waals surface area (Å²) >= 11 is 6.69. The summed E-state index contributed by atoms with van der Waals surface area (Å²) in [5.74, 6) is 1.60. The summed E-state index contributed by atoms with van der Waals surface area (Å²) in [4.78, 5) is 9.48. The van der Waals surface area contributed by atoms with Crippen molar-refractivity contribution in [2.24, 2.45) is 0 Å². The van der Waals surface area contributed by atoms with Crippen LogP contribution in [0, 0.1) is 0 Å². The molecule has 0 unspecified atom stereocenters. The van der Waals surface area contributed by atoms with Gasteiger partial charge in [-0.2, -0.15) is 0 Å². The molecule has 1 aliphatic heterocycles. The smallest absolute Gasteiger partial charge is 0.145 e. The van der Waals surface area contributed by atoms with Crippen molar-refractivity contribution in [3.05, 3.63) is 90.2 Å². The number of halogens is 1. The van der Waals surface area contributed by atoms with Crippen LogP contribution in [0.25, 0.3) is 28.2 Å². The maximum Gasteiger partial charge on any atom is 0.145 e. The van der Waals surface area contributed by atoms with Gasteiger partial charge in [-0.15, -0.1) is 0 Å². The molecule has 0 atom stereocenters. The number of likely N-dealkylation sites (N-methyl/N-ethyl adjacent to an activating group) is 1. The Morgan fingerprint density at radius 1 is 0.886 bits per heavy atom. The van der Waals surface area contributed by atoms with E-state index in [0.717, 1.165) is 62.0 Å². The van der Waals surface area contributed by atoms with Crippen molar-refractivity contribution in [1.29, 1.82) is 0 Å². The highest BCUT2D eigenvalue weighted by molar-refractivity contribution is 6.33. The van der Waals surface area contributed by atoms with Gasteiger partial charge in [0, 0.05) is 56.4 Å². The molecule has 6 heteroatoms. The van der Waals surface area contributed by atoms with E-state index in [9.17, 15) is 0 Å². The minimum absolute atomic E-state index is 0.634. The molecule has 0 amide bonds. The van der Waals surface area contributed by atoms with Crippen LogP contribution < -0.4 is 4.74 Å². The van der Waals surface area contributed by atoms with E-state index >= 15 is 0 Å². The Morgan fingerprint density at radius 2 is 1.63 bits per heavy atom. The topological polar surface area (TPSA) is 33.5 Å². The van der Waals surface area contributed by atoms with E-state index in [1.165, 1.54) is 11.1 Å². The molecule has 1 fully saturated rings. The first-order valence-corrected chi connectivity index (χ1v) is 12.6. The van der Waals surface area contributed by atoms with Crippen LogP contribution in [0.1, 0.15) is 6.42 Å². The van der Waals surface area contributed by atoms with E-state index in [-0.39, 0.29) is 0 Å². The van der Waals surface area contributed by atoms with Gasteiger partial charge < -0.3 is 14.5 Å². The summed E-state index contributed by atoms with van der Waals surface area (Å²) in [5.41, 5.74) is 4.31. The van der Waals surface area contributed by atoms with Gasteiger partial charge >= 0.3 is 0 Å². The molecule has 35 heavy (non-hydrogen) atoms. The fourth-order valence-corrected chi connectivity index (χ4v) is 4.73. The Labute approximate surface area is 212 Å². The van der Waals surface area contributed by atoms with Crippen LogP contribution in [0.5, 0.6) is 5.75 Å². The fourth-order valence-electron chi connectivity index (χ4n) is 4.47. The lowest BCUT2D eigenvalue weighted by Gasteiger charge is -2.32. The molecule has 0 spiro atoms. The molecule has 180 valence electrons. The first-order valence-electron chi connectivity index (χ1n) is 12.2. The van der Waals surface area contributed by atoms with E-state index < -0.39 is 0 Å². The Bertz CT molecular complexity index is 1230. The van der Waals surface area contributed by atoms with E-state index in [0.29, 0.717) is 11.6 Å². The highest BCUT2D eigenvalue weighted by Crippen LogP contribution is 2.32. The summed E-state index contributed by atoms with van der Waals surface area (Å²) in [6, 6.07) is 24.7. The standard InChI is InChI=1S/C29H31ClN4O/c1-32-17-19-33(20-18-32)15-5-21-35-26-12-13-27(28(30)22-26)29-31-14-16-34(29)25-10-8-24(9-11-25)23-6-3-2-4-7-23/h2-4,6-14,16,22H,5,15,17-21H2,1H3. The molecule has 5 nitrogen and oxygen atoms in total. The number of hydrogen-bond donors (Lipinski definition) is 0. The molecule has 5 rings (SSSR count). The molecule has 0 N–H and O–H groups in total. The number of ether oxygens (including phenoxy) is 1.